The van der Waals surface area contributed by atoms with Crippen LogP contribution >= 0.6 is 0 Å². The van der Waals surface area contributed by atoms with Gasteiger partial charge in [-0.3, -0.25) is 4.79 Å². The fourth-order valence-corrected chi connectivity index (χ4v) is 1.38. The first-order chi connectivity index (χ1) is 9.15. The summed E-state index contributed by atoms with van der Waals surface area (Å²) in [5.41, 5.74) is -0.648. The minimum Gasteiger partial charge on any atom is -0.480 e. The summed E-state index contributed by atoms with van der Waals surface area (Å²) >= 11 is 0. The average molecular weight is 288 g/mol. The van der Waals surface area contributed by atoms with E-state index in [1.54, 1.807) is 20.8 Å². The van der Waals surface area contributed by atoms with Crippen molar-refractivity contribution in [3.63, 3.8) is 0 Å². The number of amides is 2. The summed E-state index contributed by atoms with van der Waals surface area (Å²) in [6.45, 7) is 6.74. The molecule has 116 valence electrons. The number of carbonyl (C=O) groups is 3. The molecule has 0 aliphatic carbocycles. The average Bonchev–Trinajstić information content (AvgIpc) is 2.29. The second-order valence-electron chi connectivity index (χ2n) is 5.46. The van der Waals surface area contributed by atoms with Crippen molar-refractivity contribution in [3.05, 3.63) is 0 Å². The summed E-state index contributed by atoms with van der Waals surface area (Å²) in [5.74, 6) is -1.64. The third-order valence-electron chi connectivity index (χ3n) is 2.27. The van der Waals surface area contributed by atoms with E-state index in [-0.39, 0.29) is 6.54 Å². The van der Waals surface area contributed by atoms with Gasteiger partial charge in [-0.1, -0.05) is 19.8 Å². The van der Waals surface area contributed by atoms with Crippen LogP contribution in [0.5, 0.6) is 0 Å². The first-order valence-corrected chi connectivity index (χ1v) is 6.64. The maximum Gasteiger partial charge on any atom is 0.408 e. The Balaban J connectivity index is 4.14. The van der Waals surface area contributed by atoms with Crippen LogP contribution in [0, 0.1) is 0 Å². The lowest BCUT2D eigenvalue weighted by Crippen LogP contribution is -2.46. The van der Waals surface area contributed by atoms with Crippen molar-refractivity contribution in [1.82, 2.24) is 10.6 Å². The lowest BCUT2D eigenvalue weighted by Gasteiger charge is -2.20. The number of carbonyl (C=O) groups excluding carboxylic acids is 2. The molecule has 0 aliphatic heterocycles. The molecule has 0 fully saturated rings. The van der Waals surface area contributed by atoms with Gasteiger partial charge in [0, 0.05) is 0 Å². The molecule has 0 heterocycles. The highest BCUT2D eigenvalue weighted by molar-refractivity contribution is 5.86. The van der Waals surface area contributed by atoms with E-state index in [2.05, 4.69) is 10.6 Å². The molecule has 0 aromatic heterocycles. The Hall–Kier alpha value is -1.79. The summed E-state index contributed by atoms with van der Waals surface area (Å²) < 4.78 is 4.96. The number of carboxylic acids is 1. The summed E-state index contributed by atoms with van der Waals surface area (Å²) in [6.07, 6.45) is 1.20. The summed E-state index contributed by atoms with van der Waals surface area (Å²) in [7, 11) is 0. The summed E-state index contributed by atoms with van der Waals surface area (Å²) in [4.78, 5) is 33.8. The smallest absolute Gasteiger partial charge is 0.408 e. The molecule has 3 N–H and O–H groups in total. The van der Waals surface area contributed by atoms with Gasteiger partial charge in [0.2, 0.25) is 5.91 Å². The molecule has 0 aromatic rings. The second kappa shape index (κ2) is 8.39. The molecule has 0 aromatic carbocycles. The van der Waals surface area contributed by atoms with E-state index in [0.717, 1.165) is 6.42 Å². The van der Waals surface area contributed by atoms with E-state index in [1.807, 2.05) is 6.92 Å². The highest BCUT2D eigenvalue weighted by Crippen LogP contribution is 2.06. The maximum atomic E-state index is 11.5. The first kappa shape index (κ1) is 18.2. The predicted octanol–water partition coefficient (Wildman–Crippen LogP) is 1.27. The van der Waals surface area contributed by atoms with Gasteiger partial charge in [-0.05, 0) is 27.2 Å². The van der Waals surface area contributed by atoms with Crippen LogP contribution in [-0.2, 0) is 14.3 Å². The Bertz CT molecular complexity index is 349. The highest BCUT2D eigenvalue weighted by Gasteiger charge is 2.20. The van der Waals surface area contributed by atoms with Gasteiger partial charge in [0.25, 0.3) is 0 Å². The molecule has 0 bridgehead atoms. The second-order valence-corrected chi connectivity index (χ2v) is 5.46. The van der Waals surface area contributed by atoms with E-state index in [0.29, 0.717) is 12.8 Å². The molecule has 0 rings (SSSR count). The molecule has 7 heteroatoms. The number of alkyl carbamates (subject to hydrolysis) is 1. The van der Waals surface area contributed by atoms with Crippen LogP contribution in [0.1, 0.15) is 47.0 Å². The van der Waals surface area contributed by atoms with Crippen molar-refractivity contribution in [2.24, 2.45) is 0 Å². The van der Waals surface area contributed by atoms with Gasteiger partial charge in [0.15, 0.2) is 0 Å². The monoisotopic (exact) mass is 288 g/mol. The lowest BCUT2D eigenvalue weighted by atomic mass is 10.1. The molecular weight excluding hydrogens is 264 g/mol. The van der Waals surface area contributed by atoms with Crippen molar-refractivity contribution < 1.29 is 24.2 Å². The third-order valence-corrected chi connectivity index (χ3v) is 2.27. The molecule has 1 atom stereocenters. The minimum absolute atomic E-state index is 0.315. The van der Waals surface area contributed by atoms with Crippen LogP contribution in [0.15, 0.2) is 0 Å². The Morgan fingerprint density at radius 1 is 1.25 bits per heavy atom. The number of nitrogens with one attached hydrogen (secondary N) is 2. The van der Waals surface area contributed by atoms with Crippen molar-refractivity contribution >= 4 is 18.0 Å². The van der Waals surface area contributed by atoms with Crippen molar-refractivity contribution in [2.45, 2.75) is 58.6 Å². The SMILES string of the molecule is CCCC[C@H](NC(=O)CNC(=O)OC(C)(C)C)C(=O)O. The normalized spacial score (nSPS) is 12.4. The maximum absolute atomic E-state index is 11.5. The fraction of sp³-hybridized carbons (Fsp3) is 0.769. The molecule has 0 spiro atoms. The van der Waals surface area contributed by atoms with Crippen molar-refractivity contribution in [1.29, 1.82) is 0 Å². The summed E-state index contributed by atoms with van der Waals surface area (Å²) in [6, 6.07) is -0.928. The van der Waals surface area contributed by atoms with Crippen molar-refractivity contribution in [2.75, 3.05) is 6.54 Å². The van der Waals surface area contributed by atoms with Gasteiger partial charge in [0.1, 0.15) is 18.2 Å². The molecular formula is C13H24N2O5. The lowest BCUT2D eigenvalue weighted by molar-refractivity contribution is -0.141. The molecule has 0 aliphatic rings. The van der Waals surface area contributed by atoms with E-state index in [4.69, 9.17) is 9.84 Å². The number of hydrogen-bond donors (Lipinski definition) is 3. The number of unbranched alkanes of at least 4 members (excludes halogenated alkanes) is 1. The van der Waals surface area contributed by atoms with Gasteiger partial charge < -0.3 is 20.5 Å². The zero-order valence-electron chi connectivity index (χ0n) is 12.5. The zero-order chi connectivity index (χ0) is 15.8. The first-order valence-electron chi connectivity index (χ1n) is 6.64. The van der Waals surface area contributed by atoms with E-state index in [9.17, 15) is 14.4 Å². The number of hydrogen-bond acceptors (Lipinski definition) is 4. The van der Waals surface area contributed by atoms with E-state index in [1.165, 1.54) is 0 Å². The van der Waals surface area contributed by atoms with Crippen LogP contribution in [-0.4, -0.2) is 41.3 Å². The molecule has 0 saturated heterocycles. The van der Waals surface area contributed by atoms with Gasteiger partial charge in [-0.15, -0.1) is 0 Å². The number of carboxylic acid groups (broad SMARTS) is 1. The Labute approximate surface area is 119 Å². The van der Waals surface area contributed by atoms with Gasteiger partial charge in [0.05, 0.1) is 0 Å². The minimum atomic E-state index is -1.08. The Kier molecular flexibility index (Phi) is 7.64. The Morgan fingerprint density at radius 2 is 1.85 bits per heavy atom. The topological polar surface area (TPSA) is 105 Å². The van der Waals surface area contributed by atoms with Crippen LogP contribution in [0.25, 0.3) is 0 Å². The van der Waals surface area contributed by atoms with Crippen LogP contribution in [0.4, 0.5) is 4.79 Å². The molecule has 0 unspecified atom stereocenters. The fourth-order valence-electron chi connectivity index (χ4n) is 1.38. The highest BCUT2D eigenvalue weighted by atomic mass is 16.6. The van der Waals surface area contributed by atoms with Gasteiger partial charge in [-0.2, -0.15) is 0 Å². The van der Waals surface area contributed by atoms with Crippen LogP contribution in [0.2, 0.25) is 0 Å². The zero-order valence-corrected chi connectivity index (χ0v) is 12.5. The predicted molar refractivity (Wildman–Crippen MR) is 73.3 cm³/mol. The third kappa shape index (κ3) is 9.18. The molecule has 7 nitrogen and oxygen atoms in total. The molecule has 20 heavy (non-hydrogen) atoms. The van der Waals surface area contributed by atoms with E-state index >= 15 is 0 Å². The number of rotatable bonds is 7. The van der Waals surface area contributed by atoms with Gasteiger partial charge >= 0.3 is 12.1 Å². The van der Waals surface area contributed by atoms with Gasteiger partial charge in [-0.25, -0.2) is 9.59 Å². The standard InChI is InChI=1S/C13H24N2O5/c1-5-6-7-9(11(17)18)15-10(16)8-14-12(19)20-13(2,3)4/h9H,5-8H2,1-4H3,(H,14,19)(H,15,16)(H,17,18)/t9-/m0/s1. The number of ether oxygens (including phenoxy) is 1. The molecule has 2 amide bonds. The quantitative estimate of drug-likeness (QED) is 0.654. The summed E-state index contributed by atoms with van der Waals surface area (Å²) in [5, 5.41) is 13.6. The largest absolute Gasteiger partial charge is 0.480 e. The van der Waals surface area contributed by atoms with Crippen molar-refractivity contribution in [3.8, 4) is 0 Å². The molecule has 0 saturated carbocycles. The Morgan fingerprint density at radius 3 is 2.30 bits per heavy atom. The number of aliphatic carboxylic acids is 1. The molecule has 0 radical (unpaired) electrons. The van der Waals surface area contributed by atoms with Crippen LogP contribution < -0.4 is 10.6 Å². The van der Waals surface area contributed by atoms with E-state index < -0.39 is 29.6 Å². The van der Waals surface area contributed by atoms with Crippen LogP contribution in [0.3, 0.4) is 0 Å².